The van der Waals surface area contributed by atoms with Crippen LogP contribution in [-0.4, -0.2) is 35.2 Å². The van der Waals surface area contributed by atoms with Crippen LogP contribution < -0.4 is 5.32 Å². The van der Waals surface area contributed by atoms with Crippen molar-refractivity contribution in [3.63, 3.8) is 0 Å². The molecular weight excluding hydrogens is 200 g/mol. The monoisotopic (exact) mass is 216 g/mol. The Bertz CT molecular complexity index is 268. The standard InChI is InChI=1S/C9H16N2O2S/c1-6(2)4-9(5-14)7(12)11(3)8(13)10-9/h6,14H,4-5H2,1-3H3,(H,10,13). The lowest BCUT2D eigenvalue weighted by molar-refractivity contribution is -0.130. The third kappa shape index (κ3) is 1.73. The quantitative estimate of drug-likeness (QED) is 0.543. The number of carbonyl (C=O) groups excluding carboxylic acids is 2. The second-order valence-electron chi connectivity index (χ2n) is 4.13. The van der Waals surface area contributed by atoms with E-state index in [1.807, 2.05) is 13.8 Å². The van der Waals surface area contributed by atoms with Crippen LogP contribution in [0.1, 0.15) is 20.3 Å². The molecule has 1 rings (SSSR count). The van der Waals surface area contributed by atoms with E-state index >= 15 is 0 Å². The molecule has 1 N–H and O–H groups in total. The minimum atomic E-state index is -0.789. The number of likely N-dealkylation sites (N-methyl/N-ethyl adjacent to an activating group) is 1. The second kappa shape index (κ2) is 3.81. The Labute approximate surface area is 89.4 Å². The van der Waals surface area contributed by atoms with Crippen LogP contribution in [0.5, 0.6) is 0 Å². The van der Waals surface area contributed by atoms with Gasteiger partial charge in [0.1, 0.15) is 5.54 Å². The molecule has 0 saturated carbocycles. The lowest BCUT2D eigenvalue weighted by Gasteiger charge is -2.26. The van der Waals surface area contributed by atoms with E-state index in [1.54, 1.807) is 0 Å². The lowest BCUT2D eigenvalue weighted by atomic mass is 9.90. The Kier molecular flexibility index (Phi) is 3.09. The van der Waals surface area contributed by atoms with Crippen LogP contribution in [-0.2, 0) is 4.79 Å². The number of hydrogen-bond acceptors (Lipinski definition) is 3. The molecule has 0 bridgehead atoms. The van der Waals surface area contributed by atoms with Gasteiger partial charge >= 0.3 is 6.03 Å². The number of amides is 3. The number of hydrogen-bond donors (Lipinski definition) is 2. The maximum Gasteiger partial charge on any atom is 0.324 e. The molecule has 0 aliphatic carbocycles. The molecule has 1 fully saturated rings. The summed E-state index contributed by atoms with van der Waals surface area (Å²) in [6.07, 6.45) is 0.630. The molecule has 1 atom stereocenters. The van der Waals surface area contributed by atoms with Gasteiger partial charge in [-0.15, -0.1) is 0 Å². The van der Waals surface area contributed by atoms with Gasteiger partial charge in [0.2, 0.25) is 0 Å². The maximum absolute atomic E-state index is 11.8. The predicted molar refractivity (Wildman–Crippen MR) is 57.3 cm³/mol. The van der Waals surface area contributed by atoms with Crippen molar-refractivity contribution in [2.75, 3.05) is 12.8 Å². The van der Waals surface area contributed by atoms with Crippen molar-refractivity contribution in [1.29, 1.82) is 0 Å². The lowest BCUT2D eigenvalue weighted by Crippen LogP contribution is -2.49. The van der Waals surface area contributed by atoms with E-state index in [9.17, 15) is 9.59 Å². The maximum atomic E-state index is 11.8. The highest BCUT2D eigenvalue weighted by Crippen LogP contribution is 2.25. The van der Waals surface area contributed by atoms with Gasteiger partial charge in [-0.3, -0.25) is 9.69 Å². The number of nitrogens with zero attached hydrogens (tertiary/aromatic N) is 1. The molecule has 0 aromatic heterocycles. The molecule has 0 spiro atoms. The highest BCUT2D eigenvalue weighted by molar-refractivity contribution is 7.80. The van der Waals surface area contributed by atoms with Crippen LogP contribution in [0.2, 0.25) is 0 Å². The number of nitrogens with one attached hydrogen (secondary N) is 1. The fraction of sp³-hybridized carbons (Fsp3) is 0.778. The van der Waals surface area contributed by atoms with Crippen molar-refractivity contribution in [3.8, 4) is 0 Å². The molecule has 1 aliphatic heterocycles. The van der Waals surface area contributed by atoms with Crippen molar-refractivity contribution >= 4 is 24.6 Å². The summed E-state index contributed by atoms with van der Waals surface area (Å²) in [6, 6.07) is -0.329. The van der Waals surface area contributed by atoms with E-state index in [0.29, 0.717) is 18.1 Å². The summed E-state index contributed by atoms with van der Waals surface area (Å²) in [5.74, 6) is 0.518. The SMILES string of the molecule is CC(C)CC1(CS)NC(=O)N(C)C1=O. The van der Waals surface area contributed by atoms with Crippen LogP contribution in [0, 0.1) is 5.92 Å². The number of rotatable bonds is 3. The Morgan fingerprint density at radius 3 is 2.36 bits per heavy atom. The first kappa shape index (κ1) is 11.4. The zero-order chi connectivity index (χ0) is 10.9. The molecule has 80 valence electrons. The van der Waals surface area contributed by atoms with Crippen LogP contribution >= 0.6 is 12.6 Å². The zero-order valence-corrected chi connectivity index (χ0v) is 9.60. The van der Waals surface area contributed by atoms with E-state index in [2.05, 4.69) is 17.9 Å². The first-order valence-corrected chi connectivity index (χ1v) is 5.27. The van der Waals surface area contributed by atoms with E-state index in [4.69, 9.17) is 0 Å². The summed E-state index contributed by atoms with van der Waals surface area (Å²) >= 11 is 4.15. The molecule has 1 heterocycles. The average molecular weight is 216 g/mol. The van der Waals surface area contributed by atoms with E-state index in [-0.39, 0.29) is 11.9 Å². The third-order valence-corrected chi connectivity index (χ3v) is 2.93. The van der Waals surface area contributed by atoms with Gasteiger partial charge in [-0.2, -0.15) is 12.6 Å². The largest absolute Gasteiger partial charge is 0.324 e. The van der Waals surface area contributed by atoms with Crippen LogP contribution in [0.3, 0.4) is 0 Å². The van der Waals surface area contributed by atoms with Gasteiger partial charge in [0, 0.05) is 12.8 Å². The van der Waals surface area contributed by atoms with E-state index in [0.717, 1.165) is 4.90 Å². The van der Waals surface area contributed by atoms with Crippen molar-refractivity contribution in [3.05, 3.63) is 0 Å². The van der Waals surface area contributed by atoms with Gasteiger partial charge in [0.25, 0.3) is 5.91 Å². The smallest absolute Gasteiger partial charge is 0.322 e. The van der Waals surface area contributed by atoms with Crippen LogP contribution in [0.4, 0.5) is 4.79 Å². The Balaban J connectivity index is 2.91. The molecule has 3 amide bonds. The topological polar surface area (TPSA) is 49.4 Å². The molecule has 1 unspecified atom stereocenters. The molecule has 1 aliphatic rings. The molecule has 5 heteroatoms. The van der Waals surface area contributed by atoms with Crippen molar-refractivity contribution in [1.82, 2.24) is 10.2 Å². The van der Waals surface area contributed by atoms with Gasteiger partial charge in [0.15, 0.2) is 0 Å². The summed E-state index contributed by atoms with van der Waals surface area (Å²) in [7, 11) is 1.49. The van der Waals surface area contributed by atoms with Crippen molar-refractivity contribution < 1.29 is 9.59 Å². The summed E-state index contributed by atoms with van der Waals surface area (Å²) < 4.78 is 0. The summed E-state index contributed by atoms with van der Waals surface area (Å²) in [5, 5.41) is 2.71. The molecule has 0 aromatic rings. The minimum absolute atomic E-state index is 0.175. The molecular formula is C9H16N2O2S. The van der Waals surface area contributed by atoms with Gasteiger partial charge in [-0.1, -0.05) is 13.8 Å². The van der Waals surface area contributed by atoms with Crippen molar-refractivity contribution in [2.24, 2.45) is 5.92 Å². The molecule has 1 saturated heterocycles. The average Bonchev–Trinajstić information content (AvgIpc) is 2.31. The van der Waals surface area contributed by atoms with Crippen LogP contribution in [0.25, 0.3) is 0 Å². The van der Waals surface area contributed by atoms with Gasteiger partial charge in [0.05, 0.1) is 0 Å². The second-order valence-corrected chi connectivity index (χ2v) is 4.45. The Hall–Kier alpha value is -0.710. The highest BCUT2D eigenvalue weighted by atomic mass is 32.1. The van der Waals surface area contributed by atoms with Gasteiger partial charge in [-0.25, -0.2) is 4.79 Å². The Morgan fingerprint density at radius 1 is 1.50 bits per heavy atom. The molecule has 0 radical (unpaired) electrons. The summed E-state index contributed by atoms with van der Waals surface area (Å²) in [4.78, 5) is 24.2. The molecule has 0 aromatic carbocycles. The number of carbonyl (C=O) groups is 2. The summed E-state index contributed by atoms with van der Waals surface area (Å²) in [6.45, 7) is 4.03. The summed E-state index contributed by atoms with van der Waals surface area (Å²) in [5.41, 5.74) is -0.789. The van der Waals surface area contributed by atoms with E-state index in [1.165, 1.54) is 7.05 Å². The Morgan fingerprint density at radius 2 is 2.07 bits per heavy atom. The fourth-order valence-electron chi connectivity index (χ4n) is 1.76. The minimum Gasteiger partial charge on any atom is -0.322 e. The molecule has 14 heavy (non-hydrogen) atoms. The third-order valence-electron chi connectivity index (χ3n) is 2.39. The zero-order valence-electron chi connectivity index (χ0n) is 8.70. The highest BCUT2D eigenvalue weighted by Gasteiger charge is 2.48. The number of urea groups is 1. The van der Waals surface area contributed by atoms with Crippen LogP contribution in [0.15, 0.2) is 0 Å². The first-order chi connectivity index (χ1) is 6.43. The van der Waals surface area contributed by atoms with E-state index < -0.39 is 5.54 Å². The number of imide groups is 1. The van der Waals surface area contributed by atoms with Gasteiger partial charge < -0.3 is 5.32 Å². The first-order valence-electron chi connectivity index (χ1n) is 4.64. The normalized spacial score (nSPS) is 27.4. The number of thiol groups is 1. The van der Waals surface area contributed by atoms with Gasteiger partial charge in [-0.05, 0) is 12.3 Å². The fourth-order valence-corrected chi connectivity index (χ4v) is 2.11. The molecule has 4 nitrogen and oxygen atoms in total. The predicted octanol–water partition coefficient (Wildman–Crippen LogP) is 0.883. The van der Waals surface area contributed by atoms with Crippen molar-refractivity contribution in [2.45, 2.75) is 25.8 Å².